The second-order valence-electron chi connectivity index (χ2n) is 6.90. The summed E-state index contributed by atoms with van der Waals surface area (Å²) in [6.07, 6.45) is 4.57. The second kappa shape index (κ2) is 6.48. The SMILES string of the molecule is Cc1cn(C)c([C@@H]2CCCN(Cc3ccc4c(c3)OCCO4)C2)n1. The first-order chi connectivity index (χ1) is 11.7. The summed E-state index contributed by atoms with van der Waals surface area (Å²) >= 11 is 0. The highest BCUT2D eigenvalue weighted by Gasteiger charge is 2.25. The highest BCUT2D eigenvalue weighted by atomic mass is 16.6. The zero-order chi connectivity index (χ0) is 16.5. The van der Waals surface area contributed by atoms with E-state index in [4.69, 9.17) is 14.5 Å². The van der Waals surface area contributed by atoms with Gasteiger partial charge in [-0.05, 0) is 44.0 Å². The Hall–Kier alpha value is -2.01. The van der Waals surface area contributed by atoms with Gasteiger partial charge in [0.1, 0.15) is 19.0 Å². The summed E-state index contributed by atoms with van der Waals surface area (Å²) in [4.78, 5) is 7.26. The average molecular weight is 327 g/mol. The number of rotatable bonds is 3. The first-order valence-corrected chi connectivity index (χ1v) is 8.80. The quantitative estimate of drug-likeness (QED) is 0.869. The fourth-order valence-corrected chi connectivity index (χ4v) is 3.87. The van der Waals surface area contributed by atoms with E-state index in [1.165, 1.54) is 24.2 Å². The van der Waals surface area contributed by atoms with Crippen LogP contribution in [0.1, 0.15) is 35.8 Å². The zero-order valence-electron chi connectivity index (χ0n) is 14.5. The molecular weight excluding hydrogens is 302 g/mol. The third-order valence-corrected chi connectivity index (χ3v) is 4.92. The van der Waals surface area contributed by atoms with Crippen LogP contribution in [-0.4, -0.2) is 40.8 Å². The highest BCUT2D eigenvalue weighted by molar-refractivity contribution is 5.43. The number of benzene rings is 1. The summed E-state index contributed by atoms with van der Waals surface area (Å²) in [5, 5.41) is 0. The number of likely N-dealkylation sites (tertiary alicyclic amines) is 1. The van der Waals surface area contributed by atoms with Gasteiger partial charge < -0.3 is 14.0 Å². The lowest BCUT2D eigenvalue weighted by Crippen LogP contribution is -2.34. The van der Waals surface area contributed by atoms with Crippen LogP contribution >= 0.6 is 0 Å². The average Bonchev–Trinajstić information content (AvgIpc) is 2.93. The zero-order valence-corrected chi connectivity index (χ0v) is 14.5. The van der Waals surface area contributed by atoms with E-state index < -0.39 is 0 Å². The third kappa shape index (κ3) is 3.13. The number of piperidine rings is 1. The number of imidazole rings is 1. The van der Waals surface area contributed by atoms with Crippen molar-refractivity contribution in [2.24, 2.45) is 7.05 Å². The predicted octanol–water partition coefficient (Wildman–Crippen LogP) is 2.88. The molecule has 0 saturated carbocycles. The van der Waals surface area contributed by atoms with Crippen molar-refractivity contribution in [1.29, 1.82) is 0 Å². The van der Waals surface area contributed by atoms with Gasteiger partial charge in [0.25, 0.3) is 0 Å². The van der Waals surface area contributed by atoms with Gasteiger partial charge in [-0.15, -0.1) is 0 Å². The Morgan fingerprint density at radius 2 is 2.04 bits per heavy atom. The maximum Gasteiger partial charge on any atom is 0.161 e. The van der Waals surface area contributed by atoms with Gasteiger partial charge in [-0.3, -0.25) is 4.90 Å². The highest BCUT2D eigenvalue weighted by Crippen LogP contribution is 2.32. The van der Waals surface area contributed by atoms with E-state index in [2.05, 4.69) is 41.8 Å². The molecule has 0 spiro atoms. The Kier molecular flexibility index (Phi) is 4.19. The molecule has 2 aliphatic heterocycles. The number of ether oxygens (including phenoxy) is 2. The normalized spacial score (nSPS) is 21.0. The molecule has 0 unspecified atom stereocenters. The Bertz CT molecular complexity index is 725. The Labute approximate surface area is 143 Å². The molecule has 4 rings (SSSR count). The largest absolute Gasteiger partial charge is 0.486 e. The van der Waals surface area contributed by atoms with Crippen molar-refractivity contribution in [1.82, 2.24) is 14.5 Å². The Morgan fingerprint density at radius 3 is 2.83 bits per heavy atom. The van der Waals surface area contributed by atoms with Crippen LogP contribution in [0.5, 0.6) is 11.5 Å². The number of hydrogen-bond donors (Lipinski definition) is 0. The van der Waals surface area contributed by atoms with E-state index in [-0.39, 0.29) is 0 Å². The molecule has 0 radical (unpaired) electrons. The molecular formula is C19H25N3O2. The maximum atomic E-state index is 5.71. The van der Waals surface area contributed by atoms with Crippen LogP contribution in [0.4, 0.5) is 0 Å². The lowest BCUT2D eigenvalue weighted by Gasteiger charge is -2.32. The molecule has 1 aromatic carbocycles. The molecule has 5 nitrogen and oxygen atoms in total. The molecule has 1 fully saturated rings. The second-order valence-corrected chi connectivity index (χ2v) is 6.90. The van der Waals surface area contributed by atoms with Crippen LogP contribution in [0.2, 0.25) is 0 Å². The summed E-state index contributed by atoms with van der Waals surface area (Å²) in [5.41, 5.74) is 2.40. The first-order valence-electron chi connectivity index (χ1n) is 8.80. The van der Waals surface area contributed by atoms with Gasteiger partial charge in [0.05, 0.1) is 5.69 Å². The molecule has 1 aromatic heterocycles. The van der Waals surface area contributed by atoms with Gasteiger partial charge in [-0.25, -0.2) is 4.98 Å². The summed E-state index contributed by atoms with van der Waals surface area (Å²) in [5.74, 6) is 3.49. The number of nitrogens with zero attached hydrogens (tertiary/aromatic N) is 3. The van der Waals surface area contributed by atoms with E-state index in [1.807, 2.05) is 6.07 Å². The minimum Gasteiger partial charge on any atom is -0.486 e. The maximum absolute atomic E-state index is 5.71. The van der Waals surface area contributed by atoms with E-state index in [1.54, 1.807) is 0 Å². The fraction of sp³-hybridized carbons (Fsp3) is 0.526. The van der Waals surface area contributed by atoms with Crippen molar-refractivity contribution < 1.29 is 9.47 Å². The van der Waals surface area contributed by atoms with E-state index >= 15 is 0 Å². The molecule has 0 N–H and O–H groups in total. The molecule has 3 heterocycles. The summed E-state index contributed by atoms with van der Waals surface area (Å²) in [7, 11) is 2.11. The molecule has 128 valence electrons. The van der Waals surface area contributed by atoms with Crippen molar-refractivity contribution in [3.8, 4) is 11.5 Å². The van der Waals surface area contributed by atoms with Crippen LogP contribution < -0.4 is 9.47 Å². The van der Waals surface area contributed by atoms with Crippen molar-refractivity contribution in [2.45, 2.75) is 32.2 Å². The topological polar surface area (TPSA) is 39.5 Å². The Morgan fingerprint density at radius 1 is 1.21 bits per heavy atom. The monoisotopic (exact) mass is 327 g/mol. The standard InChI is InChI=1S/C19H25N3O2/c1-14-11-21(2)19(20-14)16-4-3-7-22(13-16)12-15-5-6-17-18(10-15)24-9-8-23-17/h5-6,10-11,16H,3-4,7-9,12-13H2,1-2H3/t16-/m1/s1. The molecule has 1 atom stereocenters. The van der Waals surface area contributed by atoms with E-state index in [9.17, 15) is 0 Å². The third-order valence-electron chi connectivity index (χ3n) is 4.92. The van der Waals surface area contributed by atoms with Crippen molar-refractivity contribution in [3.05, 3.63) is 41.5 Å². The van der Waals surface area contributed by atoms with Crippen LogP contribution in [-0.2, 0) is 13.6 Å². The molecule has 0 amide bonds. The molecule has 0 bridgehead atoms. The van der Waals surface area contributed by atoms with Gasteiger partial charge in [0.15, 0.2) is 11.5 Å². The van der Waals surface area contributed by atoms with Gasteiger partial charge in [0.2, 0.25) is 0 Å². The fourth-order valence-electron chi connectivity index (χ4n) is 3.87. The molecule has 2 aliphatic rings. The summed E-state index contributed by atoms with van der Waals surface area (Å²) in [6, 6.07) is 6.32. The van der Waals surface area contributed by atoms with Crippen LogP contribution in [0.3, 0.4) is 0 Å². The molecule has 2 aromatic rings. The smallest absolute Gasteiger partial charge is 0.161 e. The van der Waals surface area contributed by atoms with Crippen LogP contribution in [0, 0.1) is 6.92 Å². The molecule has 0 aliphatic carbocycles. The molecule has 5 heteroatoms. The lowest BCUT2D eigenvalue weighted by atomic mass is 9.96. The Balaban J connectivity index is 1.46. The summed E-state index contributed by atoms with van der Waals surface area (Å²) < 4.78 is 13.5. The minimum absolute atomic E-state index is 0.523. The van der Waals surface area contributed by atoms with Gasteiger partial charge in [-0.2, -0.15) is 0 Å². The van der Waals surface area contributed by atoms with Crippen LogP contribution in [0.25, 0.3) is 0 Å². The van der Waals surface area contributed by atoms with E-state index in [0.717, 1.165) is 36.8 Å². The van der Waals surface area contributed by atoms with Crippen molar-refractivity contribution in [2.75, 3.05) is 26.3 Å². The minimum atomic E-state index is 0.523. The number of fused-ring (bicyclic) bond motifs is 1. The van der Waals surface area contributed by atoms with Gasteiger partial charge >= 0.3 is 0 Å². The lowest BCUT2D eigenvalue weighted by molar-refractivity contribution is 0.170. The molecule has 24 heavy (non-hydrogen) atoms. The van der Waals surface area contributed by atoms with Gasteiger partial charge in [0, 0.05) is 32.3 Å². The summed E-state index contributed by atoms with van der Waals surface area (Å²) in [6.45, 7) is 6.52. The van der Waals surface area contributed by atoms with Crippen molar-refractivity contribution >= 4 is 0 Å². The predicted molar refractivity (Wildman–Crippen MR) is 92.6 cm³/mol. The molecule has 1 saturated heterocycles. The first kappa shape index (κ1) is 15.5. The van der Waals surface area contributed by atoms with Crippen LogP contribution in [0.15, 0.2) is 24.4 Å². The number of aromatic nitrogens is 2. The van der Waals surface area contributed by atoms with E-state index in [0.29, 0.717) is 19.1 Å². The number of aryl methyl sites for hydroxylation is 2. The van der Waals surface area contributed by atoms with Gasteiger partial charge in [-0.1, -0.05) is 6.07 Å². The van der Waals surface area contributed by atoms with Crippen molar-refractivity contribution in [3.63, 3.8) is 0 Å². The number of hydrogen-bond acceptors (Lipinski definition) is 4.